The molecule has 1 N–H and O–H groups in total. The molecular weight excluding hydrogens is 356 g/mol. The van der Waals surface area contributed by atoms with Gasteiger partial charge in [-0.2, -0.15) is 0 Å². The molecular formula is C22H30N2O4. The van der Waals surface area contributed by atoms with Crippen LogP contribution in [0.1, 0.15) is 23.6 Å². The third-order valence-corrected chi connectivity index (χ3v) is 4.54. The number of carbonyl (C=O) groups is 1. The second-order valence-corrected chi connectivity index (χ2v) is 6.43. The lowest BCUT2D eigenvalue weighted by atomic mass is 10.1. The summed E-state index contributed by atoms with van der Waals surface area (Å²) in [7, 11) is 5.02. The van der Waals surface area contributed by atoms with Crippen LogP contribution < -0.4 is 14.8 Å². The minimum atomic E-state index is -0.105. The molecule has 2 amide bonds. The van der Waals surface area contributed by atoms with Crippen LogP contribution in [0.25, 0.3) is 0 Å². The smallest absolute Gasteiger partial charge is 0.317 e. The number of ether oxygens (including phenoxy) is 3. The summed E-state index contributed by atoms with van der Waals surface area (Å²) >= 11 is 0. The van der Waals surface area contributed by atoms with Gasteiger partial charge in [0.05, 0.1) is 20.8 Å². The van der Waals surface area contributed by atoms with Gasteiger partial charge >= 0.3 is 6.03 Å². The van der Waals surface area contributed by atoms with E-state index in [0.717, 1.165) is 23.1 Å². The lowest BCUT2D eigenvalue weighted by Crippen LogP contribution is -2.38. The van der Waals surface area contributed by atoms with Gasteiger partial charge in [0.2, 0.25) is 0 Å². The van der Waals surface area contributed by atoms with Crippen molar-refractivity contribution in [3.05, 3.63) is 59.2 Å². The van der Waals surface area contributed by atoms with E-state index in [1.165, 1.54) is 0 Å². The van der Waals surface area contributed by atoms with Crippen LogP contribution in [0.3, 0.4) is 0 Å². The average molecular weight is 386 g/mol. The number of hydrogen-bond acceptors (Lipinski definition) is 4. The molecule has 152 valence electrons. The fourth-order valence-corrected chi connectivity index (χ4v) is 2.82. The van der Waals surface area contributed by atoms with Gasteiger partial charge in [-0.1, -0.05) is 30.3 Å². The van der Waals surface area contributed by atoms with Crippen molar-refractivity contribution in [1.29, 1.82) is 0 Å². The third-order valence-electron chi connectivity index (χ3n) is 4.54. The molecule has 0 spiro atoms. The number of rotatable bonds is 10. The molecule has 6 heteroatoms. The van der Waals surface area contributed by atoms with E-state index < -0.39 is 0 Å². The first-order chi connectivity index (χ1) is 13.6. The van der Waals surface area contributed by atoms with Crippen LogP contribution in [-0.4, -0.2) is 45.3 Å². The first-order valence-electron chi connectivity index (χ1n) is 9.43. The second kappa shape index (κ2) is 11.2. The Hall–Kier alpha value is -2.73. The van der Waals surface area contributed by atoms with E-state index in [1.807, 2.05) is 49.4 Å². The first-order valence-corrected chi connectivity index (χ1v) is 9.43. The van der Waals surface area contributed by atoms with Crippen molar-refractivity contribution in [2.24, 2.45) is 0 Å². The fourth-order valence-electron chi connectivity index (χ4n) is 2.82. The molecule has 2 aromatic rings. The molecule has 0 saturated heterocycles. The summed E-state index contributed by atoms with van der Waals surface area (Å²) in [6.07, 6.45) is 0.727. The molecule has 2 aromatic carbocycles. The van der Waals surface area contributed by atoms with E-state index in [1.54, 1.807) is 26.2 Å². The van der Waals surface area contributed by atoms with Crippen molar-refractivity contribution >= 4 is 6.03 Å². The van der Waals surface area contributed by atoms with Gasteiger partial charge in [0.25, 0.3) is 0 Å². The molecule has 2 rings (SSSR count). The Morgan fingerprint density at radius 2 is 1.75 bits per heavy atom. The zero-order chi connectivity index (χ0) is 20.4. The molecule has 0 unspecified atom stereocenters. The van der Waals surface area contributed by atoms with Crippen LogP contribution in [0.15, 0.2) is 42.5 Å². The Morgan fingerprint density at radius 1 is 1.04 bits per heavy atom. The Bertz CT molecular complexity index is 764. The number of benzene rings is 2. The van der Waals surface area contributed by atoms with E-state index in [9.17, 15) is 4.79 Å². The molecule has 28 heavy (non-hydrogen) atoms. The highest BCUT2D eigenvalue weighted by Gasteiger charge is 2.11. The Balaban J connectivity index is 1.87. The SMILES string of the molecule is CCOCc1ccccc1CNC(=O)N(C)CCc1ccc(OC)c(OC)c1. The molecule has 0 atom stereocenters. The van der Waals surface area contributed by atoms with E-state index in [0.29, 0.717) is 37.8 Å². The van der Waals surface area contributed by atoms with Crippen molar-refractivity contribution in [1.82, 2.24) is 10.2 Å². The molecule has 0 aromatic heterocycles. The van der Waals surface area contributed by atoms with Gasteiger partial charge in [0.1, 0.15) is 0 Å². The molecule has 6 nitrogen and oxygen atoms in total. The van der Waals surface area contributed by atoms with Gasteiger partial charge in [0, 0.05) is 26.7 Å². The van der Waals surface area contributed by atoms with Crippen LogP contribution in [-0.2, 0) is 24.3 Å². The highest BCUT2D eigenvalue weighted by atomic mass is 16.5. The summed E-state index contributed by atoms with van der Waals surface area (Å²) in [6.45, 7) is 4.26. The number of amides is 2. The van der Waals surface area contributed by atoms with Gasteiger partial charge in [-0.3, -0.25) is 0 Å². The maximum atomic E-state index is 12.4. The van der Waals surface area contributed by atoms with Crippen molar-refractivity contribution in [3.63, 3.8) is 0 Å². The number of likely N-dealkylation sites (N-methyl/N-ethyl adjacent to an activating group) is 1. The molecule has 0 aliphatic heterocycles. The number of nitrogens with one attached hydrogen (secondary N) is 1. The monoisotopic (exact) mass is 386 g/mol. The van der Waals surface area contributed by atoms with E-state index in [2.05, 4.69) is 5.32 Å². The van der Waals surface area contributed by atoms with Crippen molar-refractivity contribution in [2.45, 2.75) is 26.5 Å². The van der Waals surface area contributed by atoms with Gasteiger partial charge in [0.15, 0.2) is 11.5 Å². The Kier molecular flexibility index (Phi) is 8.62. The zero-order valence-corrected chi connectivity index (χ0v) is 17.2. The minimum absolute atomic E-state index is 0.105. The quantitative estimate of drug-likeness (QED) is 0.677. The van der Waals surface area contributed by atoms with E-state index in [-0.39, 0.29) is 6.03 Å². The number of hydrogen-bond donors (Lipinski definition) is 1. The first kappa shape index (κ1) is 21.6. The summed E-state index contributed by atoms with van der Waals surface area (Å²) < 4.78 is 16.1. The van der Waals surface area contributed by atoms with Crippen LogP contribution in [0.2, 0.25) is 0 Å². The predicted molar refractivity (Wildman–Crippen MR) is 110 cm³/mol. The topological polar surface area (TPSA) is 60.0 Å². The lowest BCUT2D eigenvalue weighted by molar-refractivity contribution is 0.133. The number of nitrogens with zero attached hydrogens (tertiary/aromatic N) is 1. The molecule has 0 fully saturated rings. The molecule has 0 radical (unpaired) electrons. The number of carbonyl (C=O) groups excluding carboxylic acids is 1. The summed E-state index contributed by atoms with van der Waals surface area (Å²) in [6, 6.07) is 13.7. The third kappa shape index (κ3) is 6.16. The number of urea groups is 1. The molecule has 0 aliphatic carbocycles. The van der Waals surface area contributed by atoms with Gasteiger partial charge in [-0.05, 0) is 42.2 Å². The predicted octanol–water partition coefficient (Wildman–Crippen LogP) is 3.62. The van der Waals surface area contributed by atoms with Gasteiger partial charge < -0.3 is 24.4 Å². The molecule has 0 aliphatic rings. The van der Waals surface area contributed by atoms with Crippen molar-refractivity contribution in [3.8, 4) is 11.5 Å². The Morgan fingerprint density at radius 3 is 2.43 bits per heavy atom. The second-order valence-electron chi connectivity index (χ2n) is 6.43. The van der Waals surface area contributed by atoms with E-state index in [4.69, 9.17) is 14.2 Å². The zero-order valence-electron chi connectivity index (χ0n) is 17.2. The van der Waals surface area contributed by atoms with Crippen LogP contribution >= 0.6 is 0 Å². The summed E-state index contributed by atoms with van der Waals surface area (Å²) in [5, 5.41) is 2.98. The van der Waals surface area contributed by atoms with Gasteiger partial charge in [-0.15, -0.1) is 0 Å². The standard InChI is InChI=1S/C22H30N2O4/c1-5-28-16-19-9-7-6-8-18(19)15-23-22(25)24(2)13-12-17-10-11-20(26-3)21(14-17)27-4/h6-11,14H,5,12-13,15-16H2,1-4H3,(H,23,25). The average Bonchev–Trinajstić information content (AvgIpc) is 2.74. The maximum absolute atomic E-state index is 12.4. The van der Waals surface area contributed by atoms with Crippen LogP contribution in [0.5, 0.6) is 11.5 Å². The van der Waals surface area contributed by atoms with Crippen LogP contribution in [0, 0.1) is 0 Å². The largest absolute Gasteiger partial charge is 0.493 e. The molecule has 0 bridgehead atoms. The number of methoxy groups -OCH3 is 2. The van der Waals surface area contributed by atoms with Crippen molar-refractivity contribution in [2.75, 3.05) is 34.4 Å². The molecule has 0 heterocycles. The normalized spacial score (nSPS) is 10.4. The lowest BCUT2D eigenvalue weighted by Gasteiger charge is -2.19. The summed E-state index contributed by atoms with van der Waals surface area (Å²) in [5.41, 5.74) is 3.24. The highest BCUT2D eigenvalue weighted by molar-refractivity contribution is 5.73. The summed E-state index contributed by atoms with van der Waals surface area (Å²) in [5.74, 6) is 1.39. The van der Waals surface area contributed by atoms with E-state index >= 15 is 0 Å². The Labute approximate surface area is 167 Å². The highest BCUT2D eigenvalue weighted by Crippen LogP contribution is 2.27. The fraction of sp³-hybridized carbons (Fsp3) is 0.409. The van der Waals surface area contributed by atoms with Gasteiger partial charge in [-0.25, -0.2) is 4.79 Å². The summed E-state index contributed by atoms with van der Waals surface area (Å²) in [4.78, 5) is 14.1. The molecule has 0 saturated carbocycles. The maximum Gasteiger partial charge on any atom is 0.317 e. The van der Waals surface area contributed by atoms with Crippen LogP contribution in [0.4, 0.5) is 4.79 Å². The van der Waals surface area contributed by atoms with Crippen molar-refractivity contribution < 1.29 is 19.0 Å². The minimum Gasteiger partial charge on any atom is -0.493 e.